The minimum atomic E-state index is -0.594. The van der Waals surface area contributed by atoms with E-state index in [0.717, 1.165) is 0 Å². The molecule has 158 valence electrons. The van der Waals surface area contributed by atoms with Crippen molar-refractivity contribution in [2.75, 3.05) is 38.2 Å². The average molecular weight is 409 g/mol. The normalized spacial score (nSPS) is 19.7. The number of nitrogens with zero attached hydrogens (tertiary/aromatic N) is 2. The highest BCUT2D eigenvalue weighted by Crippen LogP contribution is 2.29. The maximum Gasteiger partial charge on any atom is 0.414 e. The van der Waals surface area contributed by atoms with Gasteiger partial charge in [-0.05, 0) is 12.1 Å². The van der Waals surface area contributed by atoms with Gasteiger partial charge in [0.25, 0.3) is 0 Å². The monoisotopic (exact) mass is 409 g/mol. The van der Waals surface area contributed by atoms with Gasteiger partial charge >= 0.3 is 12.2 Å². The zero-order valence-electron chi connectivity index (χ0n) is 16.4. The summed E-state index contributed by atoms with van der Waals surface area (Å²) in [6, 6.07) is 4.29. The van der Waals surface area contributed by atoms with Crippen LogP contribution in [0.1, 0.15) is 19.8 Å². The Morgan fingerprint density at radius 2 is 2.03 bits per heavy atom. The van der Waals surface area contributed by atoms with Crippen molar-refractivity contribution in [3.8, 4) is 5.75 Å². The minimum Gasteiger partial charge on any atom is -0.487 e. The fraction of sp³-hybridized carbons (Fsp3) is 0.526. The molecule has 0 saturated carbocycles. The molecule has 0 aliphatic carbocycles. The Morgan fingerprint density at radius 1 is 1.31 bits per heavy atom. The average Bonchev–Trinajstić information content (AvgIpc) is 3.08. The van der Waals surface area contributed by atoms with E-state index in [1.165, 1.54) is 31.1 Å². The van der Waals surface area contributed by atoms with Crippen molar-refractivity contribution in [3.63, 3.8) is 0 Å². The number of amides is 3. The maximum atomic E-state index is 14.6. The van der Waals surface area contributed by atoms with Gasteiger partial charge in [0.2, 0.25) is 5.91 Å². The number of carbonyl (C=O) groups is 3. The van der Waals surface area contributed by atoms with E-state index in [0.29, 0.717) is 31.6 Å². The number of likely N-dealkylation sites (tertiary alicyclic amines) is 1. The Bertz CT molecular complexity index is 781. The topological polar surface area (TPSA) is 97.4 Å². The summed E-state index contributed by atoms with van der Waals surface area (Å²) in [5.41, 5.74) is 0.352. The first kappa shape index (κ1) is 20.7. The summed E-state index contributed by atoms with van der Waals surface area (Å²) < 4.78 is 30.2. The third-order valence-electron chi connectivity index (χ3n) is 4.85. The summed E-state index contributed by atoms with van der Waals surface area (Å²) in [6.45, 7) is 2.75. The van der Waals surface area contributed by atoms with Gasteiger partial charge < -0.3 is 24.4 Å². The van der Waals surface area contributed by atoms with E-state index < -0.39 is 18.0 Å². The first-order valence-corrected chi connectivity index (χ1v) is 9.39. The highest BCUT2D eigenvalue weighted by Gasteiger charge is 2.33. The van der Waals surface area contributed by atoms with E-state index in [1.807, 2.05) is 0 Å². The fourth-order valence-electron chi connectivity index (χ4n) is 3.31. The zero-order chi connectivity index (χ0) is 21.0. The van der Waals surface area contributed by atoms with Crippen LogP contribution in [0.25, 0.3) is 0 Å². The first-order chi connectivity index (χ1) is 13.9. The van der Waals surface area contributed by atoms with Crippen LogP contribution in [0, 0.1) is 5.82 Å². The van der Waals surface area contributed by atoms with Gasteiger partial charge in [0.15, 0.2) is 11.6 Å². The molecule has 0 spiro atoms. The number of rotatable bonds is 5. The van der Waals surface area contributed by atoms with Crippen molar-refractivity contribution < 1.29 is 33.0 Å². The molecule has 9 nitrogen and oxygen atoms in total. The smallest absolute Gasteiger partial charge is 0.414 e. The van der Waals surface area contributed by atoms with Crippen LogP contribution in [0.3, 0.4) is 0 Å². The van der Waals surface area contributed by atoms with Crippen molar-refractivity contribution in [2.24, 2.45) is 0 Å². The summed E-state index contributed by atoms with van der Waals surface area (Å²) >= 11 is 0. The van der Waals surface area contributed by atoms with Gasteiger partial charge in [0, 0.05) is 38.9 Å². The second-order valence-corrected chi connectivity index (χ2v) is 6.94. The Morgan fingerprint density at radius 3 is 2.66 bits per heavy atom. The molecule has 1 atom stereocenters. The van der Waals surface area contributed by atoms with Crippen molar-refractivity contribution in [2.45, 2.75) is 32.0 Å². The van der Waals surface area contributed by atoms with Gasteiger partial charge in [-0.15, -0.1) is 0 Å². The van der Waals surface area contributed by atoms with Crippen LogP contribution >= 0.6 is 0 Å². The molecule has 0 unspecified atom stereocenters. The molecule has 0 radical (unpaired) electrons. The lowest BCUT2D eigenvalue weighted by Gasteiger charge is -2.31. The second-order valence-electron chi connectivity index (χ2n) is 6.94. The Labute approximate surface area is 167 Å². The third-order valence-corrected chi connectivity index (χ3v) is 4.85. The zero-order valence-corrected chi connectivity index (χ0v) is 16.4. The molecule has 2 aliphatic rings. The van der Waals surface area contributed by atoms with E-state index in [4.69, 9.17) is 14.2 Å². The van der Waals surface area contributed by atoms with Crippen molar-refractivity contribution in [3.05, 3.63) is 24.0 Å². The van der Waals surface area contributed by atoms with Crippen molar-refractivity contribution in [1.82, 2.24) is 10.2 Å². The van der Waals surface area contributed by atoms with Gasteiger partial charge in [-0.3, -0.25) is 9.69 Å². The number of ether oxygens (including phenoxy) is 3. The quantitative estimate of drug-likeness (QED) is 0.798. The van der Waals surface area contributed by atoms with Crippen LogP contribution in [0.5, 0.6) is 5.75 Å². The molecule has 2 saturated heterocycles. The first-order valence-electron chi connectivity index (χ1n) is 9.39. The number of methoxy groups -OCH3 is 1. The molecule has 2 fully saturated rings. The van der Waals surface area contributed by atoms with Gasteiger partial charge in [0.1, 0.15) is 12.2 Å². The van der Waals surface area contributed by atoms with E-state index in [1.54, 1.807) is 11.0 Å². The predicted molar refractivity (Wildman–Crippen MR) is 100 cm³/mol. The molecule has 1 N–H and O–H groups in total. The molecule has 0 bridgehead atoms. The van der Waals surface area contributed by atoms with Crippen LogP contribution in [-0.4, -0.2) is 68.5 Å². The molecule has 2 aliphatic heterocycles. The van der Waals surface area contributed by atoms with Gasteiger partial charge in [0.05, 0.1) is 25.9 Å². The number of hydrogen-bond acceptors (Lipinski definition) is 6. The van der Waals surface area contributed by atoms with Crippen LogP contribution in [-0.2, 0) is 14.3 Å². The lowest BCUT2D eigenvalue weighted by atomic mass is 10.1. The number of piperidine rings is 1. The number of carbonyl (C=O) groups excluding carboxylic acids is 3. The van der Waals surface area contributed by atoms with E-state index in [-0.39, 0.29) is 36.9 Å². The summed E-state index contributed by atoms with van der Waals surface area (Å²) in [7, 11) is 1.33. The van der Waals surface area contributed by atoms with Crippen LogP contribution < -0.4 is 15.0 Å². The summed E-state index contributed by atoms with van der Waals surface area (Å²) in [5.74, 6) is -0.715. The summed E-state index contributed by atoms with van der Waals surface area (Å²) in [4.78, 5) is 37.4. The molecule has 3 rings (SSSR count). The number of anilines is 1. The highest BCUT2D eigenvalue weighted by molar-refractivity contribution is 5.90. The molecular formula is C19H24FN3O6. The number of halogens is 1. The Hall–Kier alpha value is -3.04. The van der Waals surface area contributed by atoms with Crippen LogP contribution in [0.4, 0.5) is 19.7 Å². The number of cyclic esters (lactones) is 1. The molecule has 0 aromatic heterocycles. The van der Waals surface area contributed by atoms with Gasteiger partial charge in [-0.25, -0.2) is 14.0 Å². The summed E-state index contributed by atoms with van der Waals surface area (Å²) in [6.07, 6.45) is -0.545. The molecule has 3 amide bonds. The summed E-state index contributed by atoms with van der Waals surface area (Å²) in [5, 5.41) is 2.59. The Balaban J connectivity index is 1.57. The number of nitrogens with one attached hydrogen (secondary N) is 1. The molecule has 10 heteroatoms. The second kappa shape index (κ2) is 8.97. The number of benzene rings is 1. The van der Waals surface area contributed by atoms with E-state index in [2.05, 4.69) is 5.32 Å². The maximum absolute atomic E-state index is 14.6. The lowest BCUT2D eigenvalue weighted by molar-refractivity contribution is -0.119. The minimum absolute atomic E-state index is 0.0904. The fourth-order valence-corrected chi connectivity index (χ4v) is 3.31. The van der Waals surface area contributed by atoms with Crippen LogP contribution in [0.2, 0.25) is 0 Å². The lowest BCUT2D eigenvalue weighted by Crippen LogP contribution is -2.41. The van der Waals surface area contributed by atoms with Gasteiger partial charge in [-0.1, -0.05) is 0 Å². The van der Waals surface area contributed by atoms with Crippen molar-refractivity contribution >= 4 is 23.8 Å². The van der Waals surface area contributed by atoms with Gasteiger partial charge in [-0.2, -0.15) is 0 Å². The van der Waals surface area contributed by atoms with E-state index >= 15 is 0 Å². The standard InChI is InChI=1S/C19H24FN3O6/c1-12(24)21-10-15-11-23(19(26)29-15)13-3-4-17(16(20)9-13)28-14-5-7-22(8-6-14)18(25)27-2/h3-4,9,14-15H,5-8,10-11H2,1-2H3,(H,21,24)/t15-/m0/s1. The predicted octanol–water partition coefficient (Wildman–Crippen LogP) is 1.90. The number of hydrogen-bond donors (Lipinski definition) is 1. The van der Waals surface area contributed by atoms with E-state index in [9.17, 15) is 18.8 Å². The SMILES string of the molecule is COC(=O)N1CCC(Oc2ccc(N3C[C@H](CNC(C)=O)OC3=O)cc2F)CC1. The van der Waals surface area contributed by atoms with Crippen molar-refractivity contribution in [1.29, 1.82) is 0 Å². The Kier molecular flexibility index (Phi) is 6.40. The molecule has 1 aromatic rings. The highest BCUT2D eigenvalue weighted by atomic mass is 19.1. The van der Waals surface area contributed by atoms with Crippen LogP contribution in [0.15, 0.2) is 18.2 Å². The molecule has 29 heavy (non-hydrogen) atoms. The molecular weight excluding hydrogens is 385 g/mol. The third kappa shape index (κ3) is 5.07. The molecule has 2 heterocycles. The largest absolute Gasteiger partial charge is 0.487 e. The molecule has 1 aromatic carbocycles.